The van der Waals surface area contributed by atoms with Crippen LogP contribution in [0.25, 0.3) is 0 Å². The minimum absolute atomic E-state index is 0.153. The number of carbonyl (C=O) groups excluding carboxylic acids is 1. The molecule has 2 aromatic rings. The first-order chi connectivity index (χ1) is 12.1. The average molecular weight is 341 g/mol. The Morgan fingerprint density at radius 1 is 1.48 bits per heavy atom. The molecule has 8 heteroatoms. The standard InChI is InChI=1S/C17H19N5O3/c1-3-9-19-22(2)17-18-10-13(16(25)21-17)15(24)20-14(11-23)12-7-5-4-6-8-12/h3-10,14,23H,1,11H2,2H3,(H,20,24)(H,18,21,25)/b19-9-. The molecule has 1 aromatic heterocycles. The topological polar surface area (TPSA) is 111 Å². The van der Waals surface area contributed by atoms with E-state index in [1.54, 1.807) is 31.3 Å². The van der Waals surface area contributed by atoms with Crippen LogP contribution in [0.1, 0.15) is 22.0 Å². The molecule has 0 saturated carbocycles. The lowest BCUT2D eigenvalue weighted by Crippen LogP contribution is -2.35. The fraction of sp³-hybridized carbons (Fsp3) is 0.176. The molecule has 0 aliphatic rings. The summed E-state index contributed by atoms with van der Waals surface area (Å²) in [5, 5.41) is 17.4. The number of amides is 1. The molecule has 1 unspecified atom stereocenters. The van der Waals surface area contributed by atoms with Crippen molar-refractivity contribution in [2.24, 2.45) is 5.10 Å². The van der Waals surface area contributed by atoms with E-state index in [4.69, 9.17) is 0 Å². The monoisotopic (exact) mass is 341 g/mol. The van der Waals surface area contributed by atoms with Crippen molar-refractivity contribution >= 4 is 18.1 Å². The zero-order valence-corrected chi connectivity index (χ0v) is 13.7. The van der Waals surface area contributed by atoms with Gasteiger partial charge in [0.1, 0.15) is 5.56 Å². The lowest BCUT2D eigenvalue weighted by molar-refractivity contribution is 0.0914. The van der Waals surface area contributed by atoms with Gasteiger partial charge in [-0.2, -0.15) is 5.10 Å². The van der Waals surface area contributed by atoms with Gasteiger partial charge in [-0.15, -0.1) is 0 Å². The predicted octanol–water partition coefficient (Wildman–Crippen LogP) is 0.841. The van der Waals surface area contributed by atoms with Crippen LogP contribution in [0.3, 0.4) is 0 Å². The summed E-state index contributed by atoms with van der Waals surface area (Å²) in [6.07, 6.45) is 4.09. The third-order valence-electron chi connectivity index (χ3n) is 3.37. The van der Waals surface area contributed by atoms with Gasteiger partial charge in [0.05, 0.1) is 12.6 Å². The van der Waals surface area contributed by atoms with Crippen molar-refractivity contribution in [1.82, 2.24) is 15.3 Å². The number of carbonyl (C=O) groups is 1. The smallest absolute Gasteiger partial charge is 0.265 e. The van der Waals surface area contributed by atoms with Crippen LogP contribution in [-0.2, 0) is 0 Å². The molecule has 130 valence electrons. The maximum absolute atomic E-state index is 12.3. The lowest BCUT2D eigenvalue weighted by atomic mass is 10.1. The number of H-pyrrole nitrogens is 1. The number of allylic oxidation sites excluding steroid dienone is 1. The Hall–Kier alpha value is -3.26. The maximum Gasteiger partial charge on any atom is 0.265 e. The first-order valence-corrected chi connectivity index (χ1v) is 7.51. The summed E-state index contributed by atoms with van der Waals surface area (Å²) in [5.74, 6) is -0.443. The molecule has 0 fully saturated rings. The minimum atomic E-state index is -0.625. The van der Waals surface area contributed by atoms with Gasteiger partial charge in [0.15, 0.2) is 0 Å². The molecule has 0 spiro atoms. The Bertz CT molecular complexity index is 817. The number of hydrogen-bond donors (Lipinski definition) is 3. The molecule has 8 nitrogen and oxygen atoms in total. The van der Waals surface area contributed by atoms with Crippen molar-refractivity contribution in [2.75, 3.05) is 18.7 Å². The number of benzene rings is 1. The summed E-state index contributed by atoms with van der Waals surface area (Å²) in [6.45, 7) is 3.21. The van der Waals surface area contributed by atoms with Gasteiger partial charge in [-0.3, -0.25) is 14.6 Å². The van der Waals surface area contributed by atoms with Crippen LogP contribution >= 0.6 is 0 Å². The zero-order chi connectivity index (χ0) is 18.2. The van der Waals surface area contributed by atoms with Crippen molar-refractivity contribution in [3.8, 4) is 0 Å². The number of nitrogens with zero attached hydrogens (tertiary/aromatic N) is 3. The van der Waals surface area contributed by atoms with Crippen LogP contribution in [0.15, 0.2) is 59.1 Å². The molecule has 1 amide bonds. The van der Waals surface area contributed by atoms with Crippen molar-refractivity contribution in [1.29, 1.82) is 0 Å². The fourth-order valence-electron chi connectivity index (χ4n) is 2.07. The summed E-state index contributed by atoms with van der Waals surface area (Å²) in [6, 6.07) is 8.37. The molecule has 2 rings (SSSR count). The highest BCUT2D eigenvalue weighted by molar-refractivity contribution is 5.93. The lowest BCUT2D eigenvalue weighted by Gasteiger charge is -2.16. The third kappa shape index (κ3) is 4.61. The van der Waals surface area contributed by atoms with Crippen molar-refractivity contribution in [3.63, 3.8) is 0 Å². The molecule has 3 N–H and O–H groups in total. The molecule has 1 heterocycles. The molecule has 0 aliphatic heterocycles. The first-order valence-electron chi connectivity index (χ1n) is 7.51. The van der Waals surface area contributed by atoms with E-state index in [0.717, 1.165) is 5.56 Å². The number of hydrazone groups is 1. The van der Waals surface area contributed by atoms with Gasteiger partial charge >= 0.3 is 0 Å². The number of nitrogens with one attached hydrogen (secondary N) is 2. The van der Waals surface area contributed by atoms with E-state index in [0.29, 0.717) is 0 Å². The summed E-state index contributed by atoms with van der Waals surface area (Å²) in [4.78, 5) is 31.0. The van der Waals surface area contributed by atoms with Gasteiger partial charge in [0.2, 0.25) is 5.95 Å². The van der Waals surface area contributed by atoms with E-state index >= 15 is 0 Å². The highest BCUT2D eigenvalue weighted by Crippen LogP contribution is 2.12. The third-order valence-corrected chi connectivity index (χ3v) is 3.37. The van der Waals surface area contributed by atoms with Crippen LogP contribution in [0.2, 0.25) is 0 Å². The van der Waals surface area contributed by atoms with Crippen LogP contribution in [0.5, 0.6) is 0 Å². The highest BCUT2D eigenvalue weighted by atomic mass is 16.3. The number of aliphatic hydroxyl groups is 1. The number of anilines is 1. The predicted molar refractivity (Wildman–Crippen MR) is 95.7 cm³/mol. The molecule has 1 aromatic carbocycles. The van der Waals surface area contributed by atoms with Crippen LogP contribution in [-0.4, -0.2) is 40.9 Å². The van der Waals surface area contributed by atoms with Gasteiger partial charge in [0.25, 0.3) is 11.5 Å². The number of rotatable bonds is 7. The largest absolute Gasteiger partial charge is 0.394 e. The quantitative estimate of drug-likeness (QED) is 0.510. The fourth-order valence-corrected chi connectivity index (χ4v) is 2.07. The number of aromatic nitrogens is 2. The summed E-state index contributed by atoms with van der Waals surface area (Å²) < 4.78 is 0. The SMILES string of the molecule is C=C/C=N\N(C)c1ncc(C(=O)NC(CO)c2ccccc2)c(=O)[nH]1. The Kier molecular flexibility index (Phi) is 6.19. The zero-order valence-electron chi connectivity index (χ0n) is 13.7. The van der Waals surface area contributed by atoms with Crippen molar-refractivity contribution in [2.45, 2.75) is 6.04 Å². The molecule has 0 bridgehead atoms. The number of aliphatic hydroxyl groups excluding tert-OH is 1. The second-order valence-corrected chi connectivity index (χ2v) is 5.09. The van der Waals surface area contributed by atoms with E-state index in [1.807, 2.05) is 6.07 Å². The summed E-state index contributed by atoms with van der Waals surface area (Å²) in [5.41, 5.74) is -0.0232. The highest BCUT2D eigenvalue weighted by Gasteiger charge is 2.18. The summed E-state index contributed by atoms with van der Waals surface area (Å²) in [7, 11) is 1.59. The number of aromatic amines is 1. The van der Waals surface area contributed by atoms with Gasteiger partial charge in [-0.1, -0.05) is 36.9 Å². The van der Waals surface area contributed by atoms with Crippen LogP contribution in [0, 0.1) is 0 Å². The van der Waals surface area contributed by atoms with Crippen LogP contribution < -0.4 is 15.9 Å². The molecular weight excluding hydrogens is 322 g/mol. The normalized spacial score (nSPS) is 11.9. The Morgan fingerprint density at radius 2 is 2.20 bits per heavy atom. The molecular formula is C17H19N5O3. The molecule has 25 heavy (non-hydrogen) atoms. The molecule has 0 aliphatic carbocycles. The Labute approximate surface area is 144 Å². The van der Waals surface area contributed by atoms with E-state index in [9.17, 15) is 14.7 Å². The van der Waals surface area contributed by atoms with E-state index in [2.05, 4.69) is 27.0 Å². The van der Waals surface area contributed by atoms with Gasteiger partial charge in [0, 0.05) is 19.5 Å². The van der Waals surface area contributed by atoms with Crippen molar-refractivity contribution < 1.29 is 9.90 Å². The summed E-state index contributed by atoms with van der Waals surface area (Å²) >= 11 is 0. The molecule has 1 atom stereocenters. The van der Waals surface area contributed by atoms with E-state index < -0.39 is 17.5 Å². The Balaban J connectivity index is 2.18. The minimum Gasteiger partial charge on any atom is -0.394 e. The second-order valence-electron chi connectivity index (χ2n) is 5.09. The molecule has 0 radical (unpaired) electrons. The maximum atomic E-state index is 12.3. The average Bonchev–Trinajstić information content (AvgIpc) is 2.64. The van der Waals surface area contributed by atoms with Gasteiger partial charge in [-0.25, -0.2) is 9.99 Å². The van der Waals surface area contributed by atoms with E-state index in [1.165, 1.54) is 23.5 Å². The van der Waals surface area contributed by atoms with Crippen molar-refractivity contribution in [3.05, 3.63) is 70.7 Å². The van der Waals surface area contributed by atoms with Crippen LogP contribution in [0.4, 0.5) is 5.95 Å². The van der Waals surface area contributed by atoms with Gasteiger partial charge < -0.3 is 10.4 Å². The first kappa shape index (κ1) is 18.1. The number of hydrogen-bond acceptors (Lipinski definition) is 6. The second kappa shape index (κ2) is 8.55. The molecule has 0 saturated heterocycles. The Morgan fingerprint density at radius 3 is 2.80 bits per heavy atom. The van der Waals surface area contributed by atoms with Gasteiger partial charge in [-0.05, 0) is 11.6 Å². The van der Waals surface area contributed by atoms with E-state index in [-0.39, 0.29) is 18.1 Å².